The van der Waals surface area contributed by atoms with Crippen LogP contribution in [-0.4, -0.2) is 18.2 Å². The first-order valence-electron chi connectivity index (χ1n) is 5.14. The van der Waals surface area contributed by atoms with Crippen molar-refractivity contribution in [3.8, 4) is 11.8 Å². The van der Waals surface area contributed by atoms with Crippen molar-refractivity contribution in [2.45, 2.75) is 18.8 Å². The second-order valence-electron chi connectivity index (χ2n) is 3.60. The third-order valence-electron chi connectivity index (χ3n) is 2.46. The fourth-order valence-corrected chi connectivity index (χ4v) is 2.03. The van der Waals surface area contributed by atoms with Gasteiger partial charge in [0.15, 0.2) is 11.6 Å². The van der Waals surface area contributed by atoms with E-state index in [0.717, 1.165) is 0 Å². The second-order valence-corrected chi connectivity index (χ2v) is 4.45. The van der Waals surface area contributed by atoms with Crippen LogP contribution in [0.15, 0.2) is 16.6 Å². The molecule has 4 nitrogen and oxygen atoms in total. The Hall–Kier alpha value is -1.61. The number of nitrogens with zero attached hydrogens (tertiary/aromatic N) is 1. The molecule has 1 aromatic carbocycles. The number of halogens is 2. The summed E-state index contributed by atoms with van der Waals surface area (Å²) in [5.41, 5.74) is 0.152. The third-order valence-corrected chi connectivity index (χ3v) is 3.09. The number of benzene rings is 1. The number of aliphatic carboxylic acids is 1. The van der Waals surface area contributed by atoms with Crippen molar-refractivity contribution in [1.29, 1.82) is 5.26 Å². The van der Waals surface area contributed by atoms with Gasteiger partial charge in [-0.25, -0.2) is 4.39 Å². The molecule has 0 amide bonds. The summed E-state index contributed by atoms with van der Waals surface area (Å²) in [7, 11) is 1.32. The van der Waals surface area contributed by atoms with E-state index < -0.39 is 17.7 Å². The monoisotopic (exact) mass is 315 g/mol. The first-order valence-corrected chi connectivity index (χ1v) is 5.93. The number of methoxy groups -OCH3 is 1. The zero-order valence-electron chi connectivity index (χ0n) is 9.61. The summed E-state index contributed by atoms with van der Waals surface area (Å²) >= 11 is 3.13. The van der Waals surface area contributed by atoms with Gasteiger partial charge in [-0.1, -0.05) is 6.07 Å². The predicted molar refractivity (Wildman–Crippen MR) is 65.9 cm³/mol. The number of hydrogen-bond donors (Lipinski definition) is 1. The van der Waals surface area contributed by atoms with Crippen LogP contribution in [0.2, 0.25) is 0 Å². The highest BCUT2D eigenvalue weighted by Crippen LogP contribution is 2.34. The number of carbonyl (C=O) groups is 1. The minimum atomic E-state index is -1.01. The molecule has 1 rings (SSSR count). The van der Waals surface area contributed by atoms with Crippen molar-refractivity contribution >= 4 is 21.9 Å². The fourth-order valence-electron chi connectivity index (χ4n) is 1.56. The lowest BCUT2D eigenvalue weighted by atomic mass is 9.95. The number of nitriles is 1. The van der Waals surface area contributed by atoms with Crippen LogP contribution < -0.4 is 4.74 Å². The van der Waals surface area contributed by atoms with Crippen LogP contribution in [0.5, 0.6) is 5.75 Å². The molecule has 1 aromatic rings. The molecule has 0 aliphatic rings. The Bertz CT molecular complexity index is 499. The maximum absolute atomic E-state index is 14.0. The van der Waals surface area contributed by atoms with Gasteiger partial charge in [-0.05, 0) is 28.4 Å². The summed E-state index contributed by atoms with van der Waals surface area (Å²) in [4.78, 5) is 10.5. The van der Waals surface area contributed by atoms with Crippen LogP contribution in [0.1, 0.15) is 24.3 Å². The van der Waals surface area contributed by atoms with Crippen LogP contribution in [0, 0.1) is 17.1 Å². The normalized spacial score (nSPS) is 11.7. The molecule has 1 atom stereocenters. The molecule has 0 bridgehead atoms. The second kappa shape index (κ2) is 6.36. The van der Waals surface area contributed by atoms with Crippen LogP contribution in [0.3, 0.4) is 0 Å². The minimum Gasteiger partial charge on any atom is -0.492 e. The highest BCUT2D eigenvalue weighted by atomic mass is 79.9. The molecule has 18 heavy (non-hydrogen) atoms. The Labute approximate surface area is 112 Å². The van der Waals surface area contributed by atoms with E-state index in [-0.39, 0.29) is 24.2 Å². The molecule has 0 spiro atoms. The first-order chi connectivity index (χ1) is 8.51. The van der Waals surface area contributed by atoms with Gasteiger partial charge in [-0.2, -0.15) is 5.26 Å². The highest BCUT2D eigenvalue weighted by molar-refractivity contribution is 9.10. The van der Waals surface area contributed by atoms with E-state index in [9.17, 15) is 9.18 Å². The highest BCUT2D eigenvalue weighted by Gasteiger charge is 2.20. The summed E-state index contributed by atoms with van der Waals surface area (Å²) in [6.07, 6.45) is -0.121. The molecular weight excluding hydrogens is 305 g/mol. The molecule has 0 saturated carbocycles. The summed E-state index contributed by atoms with van der Waals surface area (Å²) in [5.74, 6) is -2.44. The molecule has 0 saturated heterocycles. The van der Waals surface area contributed by atoms with Crippen molar-refractivity contribution < 1.29 is 19.0 Å². The Kier molecular flexibility index (Phi) is 5.10. The maximum Gasteiger partial charge on any atom is 0.303 e. The van der Waals surface area contributed by atoms with Crippen LogP contribution >= 0.6 is 15.9 Å². The average molecular weight is 316 g/mol. The number of carboxylic acid groups (broad SMARTS) is 1. The van der Waals surface area contributed by atoms with Crippen LogP contribution in [0.25, 0.3) is 0 Å². The largest absolute Gasteiger partial charge is 0.492 e. The first kappa shape index (κ1) is 14.5. The lowest BCUT2D eigenvalue weighted by Crippen LogP contribution is -2.05. The van der Waals surface area contributed by atoms with E-state index in [1.165, 1.54) is 13.2 Å². The van der Waals surface area contributed by atoms with Gasteiger partial charge in [0.1, 0.15) is 0 Å². The molecule has 0 aromatic heterocycles. The standard InChI is InChI=1S/C12H11BrFNO3/c1-18-12-9(13)4-3-8(11(12)14)7(6-15)2-5-10(16)17/h3-4,7H,2,5H2,1H3,(H,16,17). The molecule has 96 valence electrons. The van der Waals surface area contributed by atoms with Crippen LogP contribution in [0.4, 0.5) is 4.39 Å². The maximum atomic E-state index is 14.0. The zero-order valence-corrected chi connectivity index (χ0v) is 11.2. The van der Waals surface area contributed by atoms with Crippen molar-refractivity contribution in [2.75, 3.05) is 7.11 Å². The molecule has 1 unspecified atom stereocenters. The number of hydrogen-bond acceptors (Lipinski definition) is 3. The summed E-state index contributed by atoms with van der Waals surface area (Å²) in [6, 6.07) is 4.94. The molecule has 1 N–H and O–H groups in total. The van der Waals surface area contributed by atoms with Gasteiger partial charge in [0, 0.05) is 12.0 Å². The Morgan fingerprint density at radius 1 is 1.67 bits per heavy atom. The quantitative estimate of drug-likeness (QED) is 0.906. The lowest BCUT2D eigenvalue weighted by molar-refractivity contribution is -0.137. The Morgan fingerprint density at radius 3 is 2.83 bits per heavy atom. The third kappa shape index (κ3) is 3.20. The van der Waals surface area contributed by atoms with E-state index >= 15 is 0 Å². The molecular formula is C12H11BrFNO3. The van der Waals surface area contributed by atoms with E-state index in [4.69, 9.17) is 15.1 Å². The van der Waals surface area contributed by atoms with E-state index in [0.29, 0.717) is 4.47 Å². The van der Waals surface area contributed by atoms with Gasteiger partial charge >= 0.3 is 5.97 Å². The van der Waals surface area contributed by atoms with Crippen molar-refractivity contribution in [3.63, 3.8) is 0 Å². The van der Waals surface area contributed by atoms with Crippen molar-refractivity contribution in [1.82, 2.24) is 0 Å². The van der Waals surface area contributed by atoms with Gasteiger partial charge in [0.25, 0.3) is 0 Å². The van der Waals surface area contributed by atoms with Gasteiger partial charge in [0.05, 0.1) is 23.6 Å². The number of rotatable bonds is 5. The van der Waals surface area contributed by atoms with E-state index in [1.807, 2.05) is 6.07 Å². The lowest BCUT2D eigenvalue weighted by Gasteiger charge is -2.13. The molecule has 6 heteroatoms. The predicted octanol–water partition coefficient (Wildman–Crippen LogP) is 3.07. The molecule has 0 radical (unpaired) electrons. The molecule has 0 fully saturated rings. The number of carboxylic acids is 1. The molecule has 0 aliphatic heterocycles. The topological polar surface area (TPSA) is 70.3 Å². The zero-order chi connectivity index (χ0) is 13.7. The van der Waals surface area contributed by atoms with Crippen molar-refractivity contribution in [3.05, 3.63) is 28.0 Å². The molecule has 0 aliphatic carbocycles. The van der Waals surface area contributed by atoms with Gasteiger partial charge in [-0.3, -0.25) is 4.79 Å². The minimum absolute atomic E-state index is 0.0167. The number of ether oxygens (including phenoxy) is 1. The summed E-state index contributed by atoms with van der Waals surface area (Å²) in [6.45, 7) is 0. The fraction of sp³-hybridized carbons (Fsp3) is 0.333. The average Bonchev–Trinajstić information content (AvgIpc) is 2.32. The smallest absolute Gasteiger partial charge is 0.303 e. The Balaban J connectivity index is 3.07. The Morgan fingerprint density at radius 2 is 2.33 bits per heavy atom. The van der Waals surface area contributed by atoms with Crippen molar-refractivity contribution in [2.24, 2.45) is 0 Å². The summed E-state index contributed by atoms with van der Waals surface area (Å²) in [5, 5.41) is 17.6. The SMILES string of the molecule is COc1c(Br)ccc(C(C#N)CCC(=O)O)c1F. The van der Waals surface area contributed by atoms with Gasteiger partial charge in [0.2, 0.25) is 0 Å². The summed E-state index contributed by atoms with van der Waals surface area (Å²) < 4.78 is 19.4. The van der Waals surface area contributed by atoms with E-state index in [1.54, 1.807) is 6.07 Å². The van der Waals surface area contributed by atoms with Crippen LogP contribution in [-0.2, 0) is 4.79 Å². The molecule has 0 heterocycles. The van der Waals surface area contributed by atoms with E-state index in [2.05, 4.69) is 15.9 Å². The van der Waals surface area contributed by atoms with Gasteiger partial charge < -0.3 is 9.84 Å². The van der Waals surface area contributed by atoms with Gasteiger partial charge in [-0.15, -0.1) is 0 Å².